The summed E-state index contributed by atoms with van der Waals surface area (Å²) in [5, 5.41) is 4.59. The van der Waals surface area contributed by atoms with Crippen LogP contribution in [0.4, 0.5) is 0 Å². The fraction of sp³-hybridized carbons (Fsp3) is 0.500. The number of benzene rings is 1. The molecule has 0 saturated heterocycles. The van der Waals surface area contributed by atoms with E-state index in [9.17, 15) is 8.42 Å². The van der Waals surface area contributed by atoms with Crippen molar-refractivity contribution < 1.29 is 8.42 Å². The molecular formula is C12H18Cl2N2O2S. The second-order valence-corrected chi connectivity index (χ2v) is 7.04. The van der Waals surface area contributed by atoms with Crippen LogP contribution >= 0.6 is 23.2 Å². The maximum absolute atomic E-state index is 10.9. The molecule has 1 aromatic carbocycles. The Hall–Kier alpha value is -0.330. The Morgan fingerprint density at radius 3 is 2.58 bits per heavy atom. The lowest BCUT2D eigenvalue weighted by Gasteiger charge is -2.16. The summed E-state index contributed by atoms with van der Waals surface area (Å²) in [6, 6.07) is 5.40. The van der Waals surface area contributed by atoms with Crippen LogP contribution < -0.4 is 10.0 Å². The molecule has 1 atom stereocenters. The molecule has 0 aliphatic heterocycles. The van der Waals surface area contributed by atoms with Crippen LogP contribution in [0.25, 0.3) is 0 Å². The predicted molar refractivity (Wildman–Crippen MR) is 80.3 cm³/mol. The molecule has 0 heterocycles. The maximum Gasteiger partial charge on any atom is 0.208 e. The van der Waals surface area contributed by atoms with Gasteiger partial charge in [0.05, 0.1) is 6.26 Å². The Labute approximate surface area is 124 Å². The van der Waals surface area contributed by atoms with Crippen LogP contribution in [-0.4, -0.2) is 27.8 Å². The molecule has 0 saturated carbocycles. The van der Waals surface area contributed by atoms with E-state index in [0.29, 0.717) is 29.6 Å². The standard InChI is InChI=1S/C12H18Cl2N2O2S/c1-9(11-8-10(13)4-5-12(11)14)15-6-3-7-16-19(2,17)18/h4-5,8-9,15-16H,3,6-7H2,1-2H3. The van der Waals surface area contributed by atoms with Gasteiger partial charge >= 0.3 is 0 Å². The molecule has 0 bridgehead atoms. The Kier molecular flexibility index (Phi) is 6.56. The fourth-order valence-electron chi connectivity index (χ4n) is 1.62. The normalized spacial score (nSPS) is 13.5. The lowest BCUT2D eigenvalue weighted by atomic mass is 10.1. The lowest BCUT2D eigenvalue weighted by molar-refractivity contribution is 0.548. The highest BCUT2D eigenvalue weighted by Gasteiger charge is 2.09. The number of hydrogen-bond donors (Lipinski definition) is 2. The van der Waals surface area contributed by atoms with E-state index in [2.05, 4.69) is 10.0 Å². The second kappa shape index (κ2) is 7.45. The minimum Gasteiger partial charge on any atom is -0.310 e. The smallest absolute Gasteiger partial charge is 0.208 e. The van der Waals surface area contributed by atoms with Gasteiger partial charge in [-0.25, -0.2) is 13.1 Å². The molecule has 1 rings (SSSR count). The van der Waals surface area contributed by atoms with Crippen LogP contribution in [0, 0.1) is 0 Å². The van der Waals surface area contributed by atoms with Gasteiger partial charge in [-0.2, -0.15) is 0 Å². The summed E-state index contributed by atoms with van der Waals surface area (Å²) in [5.74, 6) is 0. The molecule has 7 heteroatoms. The number of sulfonamides is 1. The van der Waals surface area contributed by atoms with Gasteiger partial charge in [-0.3, -0.25) is 0 Å². The van der Waals surface area contributed by atoms with Crippen molar-refractivity contribution in [1.82, 2.24) is 10.0 Å². The average Bonchev–Trinajstić information content (AvgIpc) is 2.30. The first-order valence-corrected chi connectivity index (χ1v) is 8.57. The number of halogens is 2. The SMILES string of the molecule is CC(NCCCNS(C)(=O)=O)c1cc(Cl)ccc1Cl. The molecule has 0 fully saturated rings. The molecular weight excluding hydrogens is 307 g/mol. The van der Waals surface area contributed by atoms with Crippen LogP contribution in [-0.2, 0) is 10.0 Å². The first-order valence-electron chi connectivity index (χ1n) is 5.92. The molecule has 1 aromatic rings. The van der Waals surface area contributed by atoms with E-state index in [1.807, 2.05) is 13.0 Å². The van der Waals surface area contributed by atoms with Gasteiger partial charge in [0, 0.05) is 22.6 Å². The van der Waals surface area contributed by atoms with E-state index in [-0.39, 0.29) is 6.04 Å². The van der Waals surface area contributed by atoms with E-state index in [0.717, 1.165) is 11.8 Å². The summed E-state index contributed by atoms with van der Waals surface area (Å²) in [7, 11) is -3.11. The zero-order valence-electron chi connectivity index (χ0n) is 10.9. The summed E-state index contributed by atoms with van der Waals surface area (Å²) >= 11 is 12.0. The zero-order valence-corrected chi connectivity index (χ0v) is 13.2. The molecule has 2 N–H and O–H groups in total. The molecule has 19 heavy (non-hydrogen) atoms. The van der Waals surface area contributed by atoms with Gasteiger partial charge in [-0.05, 0) is 43.7 Å². The third-order valence-corrected chi connectivity index (χ3v) is 3.90. The summed E-state index contributed by atoms with van der Waals surface area (Å²) in [4.78, 5) is 0. The minimum atomic E-state index is -3.11. The predicted octanol–water partition coefficient (Wildman–Crippen LogP) is 2.58. The van der Waals surface area contributed by atoms with Crippen molar-refractivity contribution in [3.05, 3.63) is 33.8 Å². The molecule has 0 amide bonds. The van der Waals surface area contributed by atoms with Crippen molar-refractivity contribution in [2.24, 2.45) is 0 Å². The van der Waals surface area contributed by atoms with E-state index >= 15 is 0 Å². The number of rotatable bonds is 7. The first-order chi connectivity index (χ1) is 8.79. The van der Waals surface area contributed by atoms with E-state index < -0.39 is 10.0 Å². The Morgan fingerprint density at radius 2 is 1.95 bits per heavy atom. The van der Waals surface area contributed by atoms with Crippen molar-refractivity contribution in [3.8, 4) is 0 Å². The molecule has 4 nitrogen and oxygen atoms in total. The Morgan fingerprint density at radius 1 is 1.26 bits per heavy atom. The van der Waals surface area contributed by atoms with Crippen LogP contribution in [0.2, 0.25) is 10.0 Å². The third kappa shape index (κ3) is 6.58. The summed E-state index contributed by atoms with van der Waals surface area (Å²) in [6.07, 6.45) is 1.85. The summed E-state index contributed by atoms with van der Waals surface area (Å²) in [6.45, 7) is 3.09. The van der Waals surface area contributed by atoms with Crippen LogP contribution in [0.15, 0.2) is 18.2 Å². The van der Waals surface area contributed by atoms with Crippen molar-refractivity contribution in [2.75, 3.05) is 19.3 Å². The topological polar surface area (TPSA) is 58.2 Å². The van der Waals surface area contributed by atoms with Crippen LogP contribution in [0.1, 0.15) is 24.9 Å². The van der Waals surface area contributed by atoms with Crippen LogP contribution in [0.5, 0.6) is 0 Å². The van der Waals surface area contributed by atoms with Crippen molar-refractivity contribution in [1.29, 1.82) is 0 Å². The van der Waals surface area contributed by atoms with Gasteiger partial charge in [-0.1, -0.05) is 23.2 Å². The van der Waals surface area contributed by atoms with E-state index in [1.54, 1.807) is 12.1 Å². The number of hydrogen-bond acceptors (Lipinski definition) is 3. The number of nitrogens with one attached hydrogen (secondary N) is 2. The highest BCUT2D eigenvalue weighted by Crippen LogP contribution is 2.25. The summed E-state index contributed by atoms with van der Waals surface area (Å²) < 4.78 is 24.2. The zero-order chi connectivity index (χ0) is 14.5. The van der Waals surface area contributed by atoms with Gasteiger partial charge in [0.1, 0.15) is 0 Å². The monoisotopic (exact) mass is 324 g/mol. The van der Waals surface area contributed by atoms with Gasteiger partial charge < -0.3 is 5.32 Å². The maximum atomic E-state index is 10.9. The molecule has 0 aliphatic carbocycles. The molecule has 0 aliphatic rings. The van der Waals surface area contributed by atoms with Crippen LogP contribution in [0.3, 0.4) is 0 Å². The molecule has 0 radical (unpaired) electrons. The largest absolute Gasteiger partial charge is 0.310 e. The quantitative estimate of drug-likeness (QED) is 0.758. The van der Waals surface area contributed by atoms with Gasteiger partial charge in [0.15, 0.2) is 0 Å². The lowest BCUT2D eigenvalue weighted by Crippen LogP contribution is -2.27. The fourth-order valence-corrected chi connectivity index (χ4v) is 2.60. The van der Waals surface area contributed by atoms with Gasteiger partial charge in [-0.15, -0.1) is 0 Å². The Bertz CT molecular complexity index is 520. The van der Waals surface area contributed by atoms with Crippen molar-refractivity contribution in [2.45, 2.75) is 19.4 Å². The van der Waals surface area contributed by atoms with Crippen molar-refractivity contribution in [3.63, 3.8) is 0 Å². The molecule has 1 unspecified atom stereocenters. The highest BCUT2D eigenvalue weighted by atomic mass is 35.5. The summed E-state index contributed by atoms with van der Waals surface area (Å²) in [5.41, 5.74) is 0.935. The van der Waals surface area contributed by atoms with Gasteiger partial charge in [0.2, 0.25) is 10.0 Å². The Balaban J connectivity index is 2.39. The first kappa shape index (κ1) is 16.7. The highest BCUT2D eigenvalue weighted by molar-refractivity contribution is 7.88. The van der Waals surface area contributed by atoms with Gasteiger partial charge in [0.25, 0.3) is 0 Å². The molecule has 0 spiro atoms. The van der Waals surface area contributed by atoms with E-state index in [1.165, 1.54) is 0 Å². The molecule has 0 aromatic heterocycles. The van der Waals surface area contributed by atoms with Crippen molar-refractivity contribution >= 4 is 33.2 Å². The second-order valence-electron chi connectivity index (χ2n) is 4.36. The third-order valence-electron chi connectivity index (χ3n) is 2.59. The molecule has 108 valence electrons. The van der Waals surface area contributed by atoms with E-state index in [4.69, 9.17) is 23.2 Å². The minimum absolute atomic E-state index is 0.0597. The average molecular weight is 325 g/mol.